The fourth-order valence-corrected chi connectivity index (χ4v) is 5.22. The number of furan rings is 1. The SMILES string of the molecule is COc1ccc(-c2csc3ncnc(NCC(c4ccco4)N4CCCCC4)c23)cc1. The molecule has 3 aromatic heterocycles. The summed E-state index contributed by atoms with van der Waals surface area (Å²) in [6.07, 6.45) is 7.18. The Kier molecular flexibility index (Phi) is 5.86. The number of methoxy groups -OCH3 is 1. The number of hydrogen-bond acceptors (Lipinski definition) is 7. The molecular formula is C24H26N4O2S. The maximum atomic E-state index is 5.80. The van der Waals surface area contributed by atoms with Gasteiger partial charge in [-0.1, -0.05) is 18.6 Å². The number of benzene rings is 1. The molecule has 6 nitrogen and oxygen atoms in total. The van der Waals surface area contributed by atoms with Crippen LogP contribution < -0.4 is 10.1 Å². The second kappa shape index (κ2) is 9.08. The molecule has 0 radical (unpaired) electrons. The summed E-state index contributed by atoms with van der Waals surface area (Å²) in [4.78, 5) is 12.6. The Morgan fingerprint density at radius 1 is 1.13 bits per heavy atom. The second-order valence-corrected chi connectivity index (χ2v) is 8.65. The van der Waals surface area contributed by atoms with Gasteiger partial charge in [-0.2, -0.15) is 0 Å². The van der Waals surface area contributed by atoms with Gasteiger partial charge in [0.1, 0.15) is 28.5 Å². The van der Waals surface area contributed by atoms with Crippen LogP contribution in [0.5, 0.6) is 5.75 Å². The molecule has 1 atom stereocenters. The molecule has 1 fully saturated rings. The van der Waals surface area contributed by atoms with Crippen molar-refractivity contribution >= 4 is 27.4 Å². The number of nitrogens with one attached hydrogen (secondary N) is 1. The first-order valence-corrected chi connectivity index (χ1v) is 11.6. The molecular weight excluding hydrogens is 408 g/mol. The number of fused-ring (bicyclic) bond motifs is 1. The second-order valence-electron chi connectivity index (χ2n) is 7.79. The van der Waals surface area contributed by atoms with E-state index in [0.29, 0.717) is 0 Å². The number of ether oxygens (including phenoxy) is 1. The number of thiophene rings is 1. The maximum Gasteiger partial charge on any atom is 0.138 e. The van der Waals surface area contributed by atoms with Crippen LogP contribution in [0.4, 0.5) is 5.82 Å². The molecule has 0 bridgehead atoms. The van der Waals surface area contributed by atoms with Crippen LogP contribution in [0.25, 0.3) is 21.3 Å². The number of anilines is 1. The van der Waals surface area contributed by atoms with E-state index in [9.17, 15) is 0 Å². The summed E-state index contributed by atoms with van der Waals surface area (Å²) < 4.78 is 11.1. The van der Waals surface area contributed by atoms with Crippen LogP contribution in [0.1, 0.15) is 31.1 Å². The van der Waals surface area contributed by atoms with E-state index in [4.69, 9.17) is 9.15 Å². The first-order valence-electron chi connectivity index (χ1n) is 10.7. The van der Waals surface area contributed by atoms with Gasteiger partial charge in [0.05, 0.1) is 24.8 Å². The molecule has 1 N–H and O–H groups in total. The molecule has 0 saturated carbocycles. The normalized spacial score (nSPS) is 15.8. The predicted octanol–water partition coefficient (Wildman–Crippen LogP) is 5.60. The van der Waals surface area contributed by atoms with Crippen molar-refractivity contribution in [1.29, 1.82) is 0 Å². The summed E-state index contributed by atoms with van der Waals surface area (Å²) in [6, 6.07) is 12.4. The highest BCUT2D eigenvalue weighted by atomic mass is 32.1. The lowest BCUT2D eigenvalue weighted by atomic mass is 10.1. The Hall–Kier alpha value is -2.90. The van der Waals surface area contributed by atoms with Crippen molar-refractivity contribution in [3.05, 3.63) is 60.1 Å². The van der Waals surface area contributed by atoms with Crippen LogP contribution in [-0.2, 0) is 0 Å². The molecule has 4 heterocycles. The van der Waals surface area contributed by atoms with Crippen molar-refractivity contribution in [1.82, 2.24) is 14.9 Å². The third-order valence-corrected chi connectivity index (χ3v) is 6.82. The molecule has 1 unspecified atom stereocenters. The minimum Gasteiger partial charge on any atom is -0.497 e. The summed E-state index contributed by atoms with van der Waals surface area (Å²) in [5.41, 5.74) is 2.27. The van der Waals surface area contributed by atoms with E-state index < -0.39 is 0 Å². The third kappa shape index (κ3) is 4.16. The fraction of sp³-hybridized carbons (Fsp3) is 0.333. The molecule has 5 rings (SSSR count). The minimum absolute atomic E-state index is 0.184. The van der Waals surface area contributed by atoms with E-state index >= 15 is 0 Å². The van der Waals surface area contributed by atoms with Crippen LogP contribution in [0.3, 0.4) is 0 Å². The van der Waals surface area contributed by atoms with Crippen LogP contribution in [0.2, 0.25) is 0 Å². The Labute approximate surface area is 185 Å². The molecule has 160 valence electrons. The average Bonchev–Trinajstić information content (AvgIpc) is 3.51. The van der Waals surface area contributed by atoms with E-state index in [1.54, 1.807) is 31.0 Å². The van der Waals surface area contributed by atoms with Gasteiger partial charge >= 0.3 is 0 Å². The lowest BCUT2D eigenvalue weighted by molar-refractivity contribution is 0.153. The van der Waals surface area contributed by atoms with Crippen molar-refractivity contribution in [2.45, 2.75) is 25.3 Å². The summed E-state index contributed by atoms with van der Waals surface area (Å²) in [6.45, 7) is 2.93. The monoisotopic (exact) mass is 434 g/mol. The van der Waals surface area contributed by atoms with Gasteiger partial charge < -0.3 is 14.5 Å². The smallest absolute Gasteiger partial charge is 0.138 e. The van der Waals surface area contributed by atoms with Gasteiger partial charge in [0.25, 0.3) is 0 Å². The van der Waals surface area contributed by atoms with Crippen molar-refractivity contribution in [2.24, 2.45) is 0 Å². The van der Waals surface area contributed by atoms with Gasteiger partial charge in [0.2, 0.25) is 0 Å². The number of aromatic nitrogens is 2. The topological polar surface area (TPSA) is 63.4 Å². The van der Waals surface area contributed by atoms with Gasteiger partial charge in [-0.15, -0.1) is 11.3 Å². The lowest BCUT2D eigenvalue weighted by Gasteiger charge is -2.33. The predicted molar refractivity (Wildman–Crippen MR) is 125 cm³/mol. The average molecular weight is 435 g/mol. The Morgan fingerprint density at radius 2 is 1.97 bits per heavy atom. The molecule has 31 heavy (non-hydrogen) atoms. The molecule has 7 heteroatoms. The lowest BCUT2D eigenvalue weighted by Crippen LogP contribution is -2.37. The summed E-state index contributed by atoms with van der Waals surface area (Å²) in [5.74, 6) is 2.71. The van der Waals surface area contributed by atoms with Crippen molar-refractivity contribution in [2.75, 3.05) is 32.1 Å². The molecule has 0 aliphatic carbocycles. The van der Waals surface area contributed by atoms with Crippen LogP contribution in [-0.4, -0.2) is 41.6 Å². The highest BCUT2D eigenvalue weighted by molar-refractivity contribution is 7.17. The zero-order chi connectivity index (χ0) is 21.0. The fourth-order valence-electron chi connectivity index (χ4n) is 4.31. The summed E-state index contributed by atoms with van der Waals surface area (Å²) >= 11 is 1.64. The molecule has 1 aliphatic rings. The molecule has 1 saturated heterocycles. The number of likely N-dealkylation sites (tertiary alicyclic amines) is 1. The van der Waals surface area contributed by atoms with E-state index in [1.807, 2.05) is 18.2 Å². The highest BCUT2D eigenvalue weighted by Gasteiger charge is 2.25. The number of rotatable bonds is 7. The van der Waals surface area contributed by atoms with Crippen molar-refractivity contribution in [3.8, 4) is 16.9 Å². The quantitative estimate of drug-likeness (QED) is 0.409. The molecule has 0 amide bonds. The molecule has 1 aliphatic heterocycles. The third-order valence-electron chi connectivity index (χ3n) is 5.94. The standard InChI is InChI=1S/C24H26N4O2S/c1-29-18-9-7-17(8-10-18)19-15-31-24-22(19)23(26-16-27-24)25-14-20(21-6-5-13-30-21)28-11-3-2-4-12-28/h5-10,13,15-16,20H,2-4,11-12,14H2,1H3,(H,25,26,27). The highest BCUT2D eigenvalue weighted by Crippen LogP contribution is 2.37. The minimum atomic E-state index is 0.184. The largest absolute Gasteiger partial charge is 0.497 e. The first-order chi connectivity index (χ1) is 15.3. The summed E-state index contributed by atoms with van der Waals surface area (Å²) in [7, 11) is 1.68. The Balaban J connectivity index is 1.44. The van der Waals surface area contributed by atoms with Crippen LogP contribution in [0.15, 0.2) is 58.8 Å². The number of nitrogens with zero attached hydrogens (tertiary/aromatic N) is 3. The van der Waals surface area contributed by atoms with Gasteiger partial charge in [0.15, 0.2) is 0 Å². The first kappa shape index (κ1) is 20.0. The van der Waals surface area contributed by atoms with Gasteiger partial charge in [0, 0.05) is 17.5 Å². The maximum absolute atomic E-state index is 5.80. The Morgan fingerprint density at radius 3 is 2.71 bits per heavy atom. The molecule has 4 aromatic rings. The van der Waals surface area contributed by atoms with E-state index in [0.717, 1.165) is 58.3 Å². The van der Waals surface area contributed by atoms with E-state index in [1.165, 1.54) is 19.3 Å². The van der Waals surface area contributed by atoms with Crippen molar-refractivity contribution in [3.63, 3.8) is 0 Å². The van der Waals surface area contributed by atoms with E-state index in [-0.39, 0.29) is 6.04 Å². The summed E-state index contributed by atoms with van der Waals surface area (Å²) in [5, 5.41) is 6.84. The van der Waals surface area contributed by atoms with Gasteiger partial charge in [-0.3, -0.25) is 4.90 Å². The van der Waals surface area contributed by atoms with Crippen LogP contribution in [0, 0.1) is 0 Å². The zero-order valence-corrected chi connectivity index (χ0v) is 18.4. The van der Waals surface area contributed by atoms with Crippen LogP contribution >= 0.6 is 11.3 Å². The Bertz CT molecular complexity index is 1120. The molecule has 0 spiro atoms. The number of hydrogen-bond donors (Lipinski definition) is 1. The van der Waals surface area contributed by atoms with E-state index in [2.05, 4.69) is 43.8 Å². The molecule has 1 aromatic carbocycles. The zero-order valence-electron chi connectivity index (χ0n) is 17.6. The van der Waals surface area contributed by atoms with Crippen molar-refractivity contribution < 1.29 is 9.15 Å². The number of piperidine rings is 1. The van der Waals surface area contributed by atoms with Gasteiger partial charge in [-0.25, -0.2) is 9.97 Å². The van der Waals surface area contributed by atoms with Gasteiger partial charge in [-0.05, 0) is 55.8 Å².